The summed E-state index contributed by atoms with van der Waals surface area (Å²) in [6.45, 7) is 2.09. The number of benzene rings is 2. The van der Waals surface area contributed by atoms with Crippen LogP contribution in [0.2, 0.25) is 0 Å². The van der Waals surface area contributed by atoms with E-state index in [0.29, 0.717) is 11.3 Å². The van der Waals surface area contributed by atoms with Crippen LogP contribution in [0.1, 0.15) is 19.4 Å². The van der Waals surface area contributed by atoms with Gasteiger partial charge in [0.1, 0.15) is 77.0 Å². The summed E-state index contributed by atoms with van der Waals surface area (Å²) in [7, 11) is 1.48. The van der Waals surface area contributed by atoms with Crippen LogP contribution in [0.15, 0.2) is 51.2 Å². The Balaban J connectivity index is 1.51. The van der Waals surface area contributed by atoms with Gasteiger partial charge in [-0.05, 0) is 44.5 Å². The third-order valence-corrected chi connectivity index (χ3v) is 8.45. The van der Waals surface area contributed by atoms with Crippen molar-refractivity contribution in [2.45, 2.75) is 81.7 Å². The fraction of sp³-hybridized carbons (Fsp3) is 0.485. The number of allylic oxidation sites excluding steroid dienone is 2. The molecule has 2 saturated heterocycles. The standard InChI is InChI=1S/C33H40O16/c1-13(2)4-9-16-18(10-17(36)21-23(38)25(40)29(48-30(16)21)14-5-7-15(44-3)8-6-14)45-32-28(43)26(41)31(20(12-35)47-32)49-33-27(42)24(39)22(37)19(11-34)46-33/h4-8,10,19-20,22,24,26-28,31-37,39-43H,9,11-12H2,1-3H3/t19-,20-,22-,24+,26-,27-,28-,31-,32-,33+/m1/s1. The molecule has 2 aromatic carbocycles. The van der Waals surface area contributed by atoms with Gasteiger partial charge in [-0.1, -0.05) is 11.6 Å². The first-order chi connectivity index (χ1) is 23.3. The zero-order valence-electron chi connectivity index (χ0n) is 26.7. The fourth-order valence-electron chi connectivity index (χ4n) is 5.69. The molecule has 0 saturated carbocycles. The van der Waals surface area contributed by atoms with Crippen LogP contribution in [0.4, 0.5) is 0 Å². The molecule has 3 aromatic rings. The third kappa shape index (κ3) is 7.11. The lowest BCUT2D eigenvalue weighted by molar-refractivity contribution is -0.352. The number of fused-ring (bicyclic) bond motifs is 1. The van der Waals surface area contributed by atoms with Crippen molar-refractivity contribution in [3.05, 3.63) is 57.8 Å². The van der Waals surface area contributed by atoms with E-state index in [1.165, 1.54) is 7.11 Å². The van der Waals surface area contributed by atoms with Crippen molar-refractivity contribution in [1.82, 2.24) is 0 Å². The molecule has 10 atom stereocenters. The highest BCUT2D eigenvalue weighted by Crippen LogP contribution is 2.41. The van der Waals surface area contributed by atoms with E-state index in [-0.39, 0.29) is 34.5 Å². The average Bonchev–Trinajstić information content (AvgIpc) is 3.08. The quantitative estimate of drug-likeness (QED) is 0.120. The van der Waals surface area contributed by atoms with Crippen molar-refractivity contribution >= 4 is 11.0 Å². The highest BCUT2D eigenvalue weighted by Gasteiger charge is 2.51. The molecule has 2 fully saturated rings. The monoisotopic (exact) mass is 692 g/mol. The zero-order valence-corrected chi connectivity index (χ0v) is 26.7. The Morgan fingerprint density at radius 2 is 1.49 bits per heavy atom. The van der Waals surface area contributed by atoms with E-state index < -0.39 is 91.6 Å². The summed E-state index contributed by atoms with van der Waals surface area (Å²) in [5.74, 6) is -1.21. The molecule has 2 aliphatic heterocycles. The zero-order chi connectivity index (χ0) is 35.7. The summed E-state index contributed by atoms with van der Waals surface area (Å²) in [5.41, 5.74) is 0.316. The van der Waals surface area contributed by atoms with E-state index in [1.54, 1.807) is 30.3 Å². The number of aliphatic hydroxyl groups is 7. The van der Waals surface area contributed by atoms with Gasteiger partial charge in [-0.2, -0.15) is 0 Å². The van der Waals surface area contributed by atoms with Crippen molar-refractivity contribution < 1.29 is 74.1 Å². The number of aliphatic hydroxyl groups excluding tert-OH is 7. The minimum Gasteiger partial charge on any atom is -0.507 e. The summed E-state index contributed by atoms with van der Waals surface area (Å²) in [6, 6.07) is 7.37. The lowest BCUT2D eigenvalue weighted by Gasteiger charge is -2.45. The van der Waals surface area contributed by atoms with Gasteiger partial charge in [0.25, 0.3) is 0 Å². The van der Waals surface area contributed by atoms with Crippen LogP contribution in [0.5, 0.6) is 23.0 Å². The molecule has 0 spiro atoms. The smallest absolute Gasteiger partial charge is 0.238 e. The number of phenolic OH excluding ortho intramolecular Hbond substituents is 1. The molecule has 16 heteroatoms. The number of rotatable bonds is 10. The van der Waals surface area contributed by atoms with Crippen LogP contribution in [-0.2, 0) is 20.6 Å². The highest BCUT2D eigenvalue weighted by atomic mass is 16.7. The lowest BCUT2D eigenvalue weighted by atomic mass is 9.97. The second kappa shape index (κ2) is 15.0. The van der Waals surface area contributed by atoms with Gasteiger partial charge in [-0.15, -0.1) is 0 Å². The second-order valence-electron chi connectivity index (χ2n) is 12.0. The maximum atomic E-state index is 13.4. The van der Waals surface area contributed by atoms with E-state index in [9.17, 15) is 50.8 Å². The predicted molar refractivity (Wildman–Crippen MR) is 168 cm³/mol. The molecule has 0 radical (unpaired) electrons. The molecule has 9 N–H and O–H groups in total. The number of aromatic hydroxyl groups is 2. The summed E-state index contributed by atoms with van der Waals surface area (Å²) >= 11 is 0. The van der Waals surface area contributed by atoms with Gasteiger partial charge < -0.3 is 74.1 Å². The first kappa shape index (κ1) is 36.5. The van der Waals surface area contributed by atoms with E-state index in [0.717, 1.165) is 11.6 Å². The van der Waals surface area contributed by atoms with Gasteiger partial charge in [0.2, 0.25) is 17.5 Å². The van der Waals surface area contributed by atoms with Crippen molar-refractivity contribution in [2.75, 3.05) is 20.3 Å². The van der Waals surface area contributed by atoms with Crippen molar-refractivity contribution in [1.29, 1.82) is 0 Å². The minimum atomic E-state index is -1.89. The summed E-state index contributed by atoms with van der Waals surface area (Å²) in [6.07, 6.45) is -15.0. The van der Waals surface area contributed by atoms with Crippen molar-refractivity contribution in [2.24, 2.45) is 0 Å². The van der Waals surface area contributed by atoms with Crippen LogP contribution >= 0.6 is 0 Å². The van der Waals surface area contributed by atoms with E-state index >= 15 is 0 Å². The van der Waals surface area contributed by atoms with Gasteiger partial charge in [0.05, 0.1) is 20.3 Å². The molecule has 0 amide bonds. The molecule has 2 aliphatic rings. The number of phenols is 1. The predicted octanol–water partition coefficient (Wildman–Crippen LogP) is -0.609. The number of ether oxygens (including phenoxy) is 5. The van der Waals surface area contributed by atoms with Crippen LogP contribution in [0, 0.1) is 0 Å². The largest absolute Gasteiger partial charge is 0.507 e. The van der Waals surface area contributed by atoms with E-state index in [2.05, 4.69) is 0 Å². The Bertz CT molecular complexity index is 1700. The Morgan fingerprint density at radius 1 is 0.857 bits per heavy atom. The number of hydrogen-bond donors (Lipinski definition) is 9. The van der Waals surface area contributed by atoms with Gasteiger partial charge in [0, 0.05) is 17.2 Å². The van der Waals surface area contributed by atoms with Gasteiger partial charge in [0.15, 0.2) is 12.1 Å². The highest BCUT2D eigenvalue weighted by molar-refractivity contribution is 5.91. The number of methoxy groups -OCH3 is 1. The van der Waals surface area contributed by atoms with Crippen molar-refractivity contribution in [3.63, 3.8) is 0 Å². The Morgan fingerprint density at radius 3 is 2.10 bits per heavy atom. The third-order valence-electron chi connectivity index (χ3n) is 8.45. The van der Waals surface area contributed by atoms with Crippen LogP contribution in [0.25, 0.3) is 22.3 Å². The Kier molecular flexibility index (Phi) is 11.1. The molecular formula is C33H40O16. The maximum Gasteiger partial charge on any atom is 0.238 e. The molecule has 3 heterocycles. The van der Waals surface area contributed by atoms with E-state index in [4.69, 9.17) is 28.1 Å². The van der Waals surface area contributed by atoms with Gasteiger partial charge in [-0.25, -0.2) is 0 Å². The molecule has 0 aliphatic carbocycles. The average molecular weight is 693 g/mol. The van der Waals surface area contributed by atoms with E-state index in [1.807, 2.05) is 13.8 Å². The molecule has 49 heavy (non-hydrogen) atoms. The lowest BCUT2D eigenvalue weighted by Crippen LogP contribution is -2.65. The molecule has 0 unspecified atom stereocenters. The molecule has 1 aromatic heterocycles. The van der Waals surface area contributed by atoms with Gasteiger partial charge in [-0.3, -0.25) is 4.79 Å². The molecule has 0 bridgehead atoms. The van der Waals surface area contributed by atoms with Gasteiger partial charge >= 0.3 is 0 Å². The topological polar surface area (TPSA) is 258 Å². The molecule has 268 valence electrons. The second-order valence-corrected chi connectivity index (χ2v) is 12.0. The van der Waals surface area contributed by atoms with Crippen LogP contribution in [0.3, 0.4) is 0 Å². The Hall–Kier alpha value is -3.81. The SMILES string of the molecule is COc1ccc(-c2oc3c(CC=C(C)C)c(O[C@@H]4O[C@H](CO)[C@@H](O[C@@H]5O[C@H](CO)[C@@H](O)[C@H](O)[C@H]5O)[C@H](O)[C@H]4O)cc(O)c3c(=O)c2O)cc1. The van der Waals surface area contributed by atoms with Crippen LogP contribution < -0.4 is 14.9 Å². The maximum absolute atomic E-state index is 13.4. The summed E-state index contributed by atoms with van der Waals surface area (Å²) in [4.78, 5) is 13.4. The normalized spacial score (nSPS) is 30.2. The fourth-order valence-corrected chi connectivity index (χ4v) is 5.69. The Labute approximate surface area is 279 Å². The molecule has 16 nitrogen and oxygen atoms in total. The first-order valence-electron chi connectivity index (χ1n) is 15.4. The summed E-state index contributed by atoms with van der Waals surface area (Å²) in [5, 5.41) is 93.8. The number of hydrogen-bond acceptors (Lipinski definition) is 16. The summed E-state index contributed by atoms with van der Waals surface area (Å²) < 4.78 is 33.9. The van der Waals surface area contributed by atoms with Crippen molar-refractivity contribution in [3.8, 4) is 34.3 Å². The molecule has 5 rings (SSSR count). The first-order valence-corrected chi connectivity index (χ1v) is 15.4. The molecular weight excluding hydrogens is 652 g/mol. The van der Waals surface area contributed by atoms with Crippen LogP contribution in [-0.4, -0.2) is 128 Å². The minimum absolute atomic E-state index is 0.0713.